The number of halogens is 1. The molecular weight excluding hydrogens is 340 g/mol. The summed E-state index contributed by atoms with van der Waals surface area (Å²) in [6, 6.07) is 10.8. The lowest BCUT2D eigenvalue weighted by molar-refractivity contribution is 0.240. The Kier molecular flexibility index (Phi) is 5.25. The number of aryl methyl sites for hydroxylation is 1. The van der Waals surface area contributed by atoms with Gasteiger partial charge in [-0.2, -0.15) is 5.10 Å². The Hall–Kier alpha value is -2.93. The number of rotatable bonds is 5. The molecule has 3 aromatic rings. The maximum atomic E-state index is 11.9. The first-order valence-corrected chi connectivity index (χ1v) is 8.08. The lowest BCUT2D eigenvalue weighted by atomic mass is 10.3. The highest BCUT2D eigenvalue weighted by molar-refractivity contribution is 6.32. The van der Waals surface area contributed by atoms with Crippen molar-refractivity contribution in [1.82, 2.24) is 30.4 Å². The molecule has 2 amide bonds. The summed E-state index contributed by atoms with van der Waals surface area (Å²) in [4.78, 5) is 20.0. The van der Waals surface area contributed by atoms with Crippen LogP contribution in [0.1, 0.15) is 17.1 Å². The molecule has 0 atom stereocenters. The number of benzene rings is 1. The average Bonchev–Trinajstić information content (AvgIpc) is 3.07. The van der Waals surface area contributed by atoms with Crippen LogP contribution in [0.4, 0.5) is 4.79 Å². The van der Waals surface area contributed by atoms with E-state index in [1.807, 2.05) is 37.3 Å². The molecule has 0 radical (unpaired) electrons. The molecular formula is C17H17ClN6O. The van der Waals surface area contributed by atoms with Crippen molar-refractivity contribution in [3.8, 4) is 5.69 Å². The zero-order valence-corrected chi connectivity index (χ0v) is 14.4. The predicted octanol–water partition coefficient (Wildman–Crippen LogP) is 2.62. The normalized spacial score (nSPS) is 10.5. The number of para-hydroxylation sites is 1. The lowest BCUT2D eigenvalue weighted by Gasteiger charge is -2.06. The monoisotopic (exact) mass is 356 g/mol. The van der Waals surface area contributed by atoms with Crippen molar-refractivity contribution in [2.24, 2.45) is 0 Å². The third-order valence-corrected chi connectivity index (χ3v) is 3.78. The number of aromatic nitrogens is 4. The van der Waals surface area contributed by atoms with Crippen LogP contribution in [-0.2, 0) is 13.1 Å². The van der Waals surface area contributed by atoms with Crippen LogP contribution in [0, 0.1) is 6.92 Å². The molecule has 3 rings (SSSR count). The van der Waals surface area contributed by atoms with Crippen molar-refractivity contribution < 1.29 is 4.79 Å². The Morgan fingerprint density at radius 3 is 2.64 bits per heavy atom. The number of hydrogen-bond donors (Lipinski definition) is 2. The third kappa shape index (κ3) is 4.54. The predicted molar refractivity (Wildman–Crippen MR) is 94.4 cm³/mol. The van der Waals surface area contributed by atoms with Gasteiger partial charge < -0.3 is 10.6 Å². The van der Waals surface area contributed by atoms with Crippen LogP contribution in [-0.4, -0.2) is 25.8 Å². The van der Waals surface area contributed by atoms with Gasteiger partial charge in [-0.25, -0.2) is 19.4 Å². The van der Waals surface area contributed by atoms with E-state index in [4.69, 9.17) is 11.6 Å². The molecule has 0 aliphatic heterocycles. The van der Waals surface area contributed by atoms with Crippen molar-refractivity contribution in [3.63, 3.8) is 0 Å². The third-order valence-electron chi connectivity index (χ3n) is 3.46. The highest BCUT2D eigenvalue weighted by Gasteiger charge is 2.06. The molecule has 8 heteroatoms. The minimum atomic E-state index is -0.288. The first-order valence-electron chi connectivity index (χ1n) is 7.70. The maximum absolute atomic E-state index is 11.9. The fourth-order valence-corrected chi connectivity index (χ4v) is 2.46. The zero-order valence-electron chi connectivity index (χ0n) is 13.6. The molecule has 2 aromatic heterocycles. The summed E-state index contributed by atoms with van der Waals surface area (Å²) in [7, 11) is 0. The van der Waals surface area contributed by atoms with Gasteiger partial charge in [0, 0.05) is 11.9 Å². The van der Waals surface area contributed by atoms with E-state index in [1.165, 1.54) is 6.33 Å². The number of hydrogen-bond acceptors (Lipinski definition) is 4. The fourth-order valence-electron chi connectivity index (χ4n) is 2.24. The second kappa shape index (κ2) is 7.76. The maximum Gasteiger partial charge on any atom is 0.315 e. The van der Waals surface area contributed by atoms with Gasteiger partial charge in [0.1, 0.15) is 6.33 Å². The summed E-state index contributed by atoms with van der Waals surface area (Å²) in [5, 5.41) is 10.5. The molecule has 0 saturated carbocycles. The second-order valence-electron chi connectivity index (χ2n) is 5.39. The molecule has 2 N–H and O–H groups in total. The summed E-state index contributed by atoms with van der Waals surface area (Å²) < 4.78 is 1.68. The van der Waals surface area contributed by atoms with Gasteiger partial charge in [0.05, 0.1) is 35.2 Å². The first-order chi connectivity index (χ1) is 12.1. The van der Waals surface area contributed by atoms with Crippen LogP contribution in [0.5, 0.6) is 0 Å². The SMILES string of the molecule is Cc1cc(CNC(=O)NCc2ccn(-c3ccccc3Cl)n2)ncn1. The summed E-state index contributed by atoms with van der Waals surface area (Å²) in [6.07, 6.45) is 3.28. The first kappa shape index (κ1) is 16.9. The number of carbonyl (C=O) groups is 1. The Labute approximate surface area is 150 Å². The van der Waals surface area contributed by atoms with E-state index < -0.39 is 0 Å². The summed E-state index contributed by atoms with van der Waals surface area (Å²) in [5.41, 5.74) is 3.13. The number of nitrogens with zero attached hydrogens (tertiary/aromatic N) is 4. The summed E-state index contributed by atoms with van der Waals surface area (Å²) in [5.74, 6) is 0. The van der Waals surface area contributed by atoms with Crippen molar-refractivity contribution in [3.05, 3.63) is 71.0 Å². The van der Waals surface area contributed by atoms with Gasteiger partial charge in [-0.1, -0.05) is 23.7 Å². The van der Waals surface area contributed by atoms with Gasteiger partial charge in [-0.05, 0) is 31.2 Å². The van der Waals surface area contributed by atoms with Crippen LogP contribution in [0.15, 0.2) is 48.9 Å². The quantitative estimate of drug-likeness (QED) is 0.736. The number of amides is 2. The minimum Gasteiger partial charge on any atom is -0.333 e. The van der Waals surface area contributed by atoms with Crippen LogP contribution < -0.4 is 10.6 Å². The number of carbonyl (C=O) groups excluding carboxylic acids is 1. The van der Waals surface area contributed by atoms with E-state index in [9.17, 15) is 4.79 Å². The standard InChI is InChI=1S/C17H17ClN6O/c1-12-8-14(22-11-21-12)10-20-17(25)19-9-13-6-7-24(23-13)16-5-3-2-4-15(16)18/h2-8,11H,9-10H2,1H3,(H2,19,20,25). The van der Waals surface area contributed by atoms with E-state index >= 15 is 0 Å². The van der Waals surface area contributed by atoms with Crippen LogP contribution in [0.2, 0.25) is 5.02 Å². The van der Waals surface area contributed by atoms with Gasteiger partial charge in [0.15, 0.2) is 0 Å². The van der Waals surface area contributed by atoms with E-state index in [0.29, 0.717) is 18.1 Å². The molecule has 0 aliphatic carbocycles. The zero-order chi connectivity index (χ0) is 17.6. The molecule has 0 aliphatic rings. The van der Waals surface area contributed by atoms with Crippen LogP contribution in [0.25, 0.3) is 5.69 Å². The van der Waals surface area contributed by atoms with Crippen molar-refractivity contribution in [2.45, 2.75) is 20.0 Å². The van der Waals surface area contributed by atoms with Crippen LogP contribution in [0.3, 0.4) is 0 Å². The Balaban J connectivity index is 1.52. The van der Waals surface area contributed by atoms with Gasteiger partial charge in [0.2, 0.25) is 0 Å². The Morgan fingerprint density at radius 1 is 1.12 bits per heavy atom. The average molecular weight is 357 g/mol. The van der Waals surface area contributed by atoms with E-state index in [2.05, 4.69) is 25.7 Å². The number of nitrogens with one attached hydrogen (secondary N) is 2. The Morgan fingerprint density at radius 2 is 1.88 bits per heavy atom. The van der Waals surface area contributed by atoms with Crippen molar-refractivity contribution >= 4 is 17.6 Å². The van der Waals surface area contributed by atoms with Gasteiger partial charge in [-0.15, -0.1) is 0 Å². The largest absolute Gasteiger partial charge is 0.333 e. The molecule has 1 aromatic carbocycles. The Bertz CT molecular complexity index is 879. The summed E-state index contributed by atoms with van der Waals surface area (Å²) >= 11 is 6.16. The molecule has 7 nitrogen and oxygen atoms in total. The smallest absolute Gasteiger partial charge is 0.315 e. The molecule has 25 heavy (non-hydrogen) atoms. The number of urea groups is 1. The summed E-state index contributed by atoms with van der Waals surface area (Å²) in [6.45, 7) is 2.52. The topological polar surface area (TPSA) is 84.7 Å². The minimum absolute atomic E-state index is 0.288. The molecule has 0 spiro atoms. The van der Waals surface area contributed by atoms with Crippen molar-refractivity contribution in [2.75, 3.05) is 0 Å². The molecule has 0 fully saturated rings. The van der Waals surface area contributed by atoms with Crippen LogP contribution >= 0.6 is 11.6 Å². The lowest BCUT2D eigenvalue weighted by Crippen LogP contribution is -2.34. The molecule has 0 bridgehead atoms. The van der Waals surface area contributed by atoms with Gasteiger partial charge >= 0.3 is 6.03 Å². The molecule has 128 valence electrons. The van der Waals surface area contributed by atoms with E-state index in [1.54, 1.807) is 16.9 Å². The van der Waals surface area contributed by atoms with E-state index in [0.717, 1.165) is 22.8 Å². The van der Waals surface area contributed by atoms with E-state index in [-0.39, 0.29) is 6.03 Å². The fraction of sp³-hybridized carbons (Fsp3) is 0.176. The molecule has 2 heterocycles. The second-order valence-corrected chi connectivity index (χ2v) is 5.80. The highest BCUT2D eigenvalue weighted by atomic mass is 35.5. The highest BCUT2D eigenvalue weighted by Crippen LogP contribution is 2.18. The van der Waals surface area contributed by atoms with Crippen molar-refractivity contribution in [1.29, 1.82) is 0 Å². The van der Waals surface area contributed by atoms with Gasteiger partial charge in [0.25, 0.3) is 0 Å². The van der Waals surface area contributed by atoms with Gasteiger partial charge in [-0.3, -0.25) is 0 Å². The molecule has 0 saturated heterocycles. The molecule has 0 unspecified atom stereocenters.